The summed E-state index contributed by atoms with van der Waals surface area (Å²) in [7, 11) is 7.36. The van der Waals surface area contributed by atoms with Gasteiger partial charge < -0.3 is 22.8 Å². The molecule has 0 aliphatic carbocycles. The number of aliphatic hydroxyl groups excluding tert-OH is 1. The van der Waals surface area contributed by atoms with E-state index in [0.717, 1.165) is 55.2 Å². The standard InChI is InChI=1S/C12H17ClO.C11H15Cl2N.Cl2OS.ClH/c1-10(14)4-2-3-5-11-6-8-12(13)9-7-11;1-9(12)8-14-7-6-10-2-4-11(13)5-3-10;1-4(2)3;/h6-10,14H,2-5H2,1H3;2-5,9,14H,6-8H2,1H3;;1H. The Hall–Kier alpha value is 0.250. The molecule has 0 spiro atoms. The minimum absolute atomic E-state index is 0. The monoisotopic (exact) mass is 597 g/mol. The molecule has 3 nitrogen and oxygen atoms in total. The number of hydrogen-bond acceptors (Lipinski definition) is 2. The van der Waals surface area contributed by atoms with Gasteiger partial charge in [0, 0.05) is 37.8 Å². The van der Waals surface area contributed by atoms with E-state index >= 15 is 0 Å². The summed E-state index contributed by atoms with van der Waals surface area (Å²) in [6.45, 7) is 5.91. The third kappa shape index (κ3) is 25.2. The predicted molar refractivity (Wildman–Crippen MR) is 143 cm³/mol. The molecule has 0 saturated heterocycles. The van der Waals surface area contributed by atoms with Gasteiger partial charge in [0.2, 0.25) is 9.23 Å². The normalized spacial score (nSPS) is 11.9. The fourth-order valence-corrected chi connectivity index (χ4v) is 3.07. The van der Waals surface area contributed by atoms with Crippen LogP contribution in [0.4, 0.5) is 0 Å². The van der Waals surface area contributed by atoms with Gasteiger partial charge in [0.1, 0.15) is 0 Å². The second kappa shape index (κ2) is 22.7. The van der Waals surface area contributed by atoms with Gasteiger partial charge in [-0.3, -0.25) is 0 Å². The van der Waals surface area contributed by atoms with Crippen LogP contribution in [0.1, 0.15) is 44.2 Å². The van der Waals surface area contributed by atoms with Gasteiger partial charge in [-0.2, -0.15) is 0 Å². The highest BCUT2D eigenvalue weighted by atomic mass is 36.0. The molecule has 10 heteroatoms. The largest absolute Gasteiger partial charge is 1.00 e. The molecule has 2 rings (SSSR count). The highest BCUT2D eigenvalue weighted by Crippen LogP contribution is 2.12. The van der Waals surface area contributed by atoms with Gasteiger partial charge in [0.15, 0.2) is 0 Å². The number of hydrogen-bond donors (Lipinski definition) is 2. The molecule has 0 heterocycles. The number of quaternary nitrogens is 1. The van der Waals surface area contributed by atoms with Gasteiger partial charge in [-0.05, 0) is 68.5 Å². The van der Waals surface area contributed by atoms with Crippen LogP contribution in [-0.2, 0) is 22.1 Å². The summed E-state index contributed by atoms with van der Waals surface area (Å²) in [5, 5.41) is 13.1. The maximum Gasteiger partial charge on any atom is 0.211 e. The maximum atomic E-state index is 9.09. The molecule has 2 aromatic rings. The Morgan fingerprint density at radius 1 is 0.879 bits per heavy atom. The van der Waals surface area contributed by atoms with E-state index in [9.17, 15) is 0 Å². The number of rotatable bonds is 10. The quantitative estimate of drug-likeness (QED) is 0.249. The van der Waals surface area contributed by atoms with Crippen LogP contribution in [0, 0.1) is 0 Å². The lowest BCUT2D eigenvalue weighted by Gasteiger charge is -2.04. The highest BCUT2D eigenvalue weighted by Gasteiger charge is 1.99. The van der Waals surface area contributed by atoms with Gasteiger partial charge in [0.25, 0.3) is 0 Å². The van der Waals surface area contributed by atoms with Crippen LogP contribution in [-0.4, -0.2) is 33.9 Å². The van der Waals surface area contributed by atoms with Crippen molar-refractivity contribution in [2.75, 3.05) is 13.1 Å². The summed E-state index contributed by atoms with van der Waals surface area (Å²) in [5.74, 6) is 0. The smallest absolute Gasteiger partial charge is 0.211 e. The van der Waals surface area contributed by atoms with Crippen LogP contribution < -0.4 is 17.7 Å². The van der Waals surface area contributed by atoms with Crippen molar-refractivity contribution in [3.05, 3.63) is 69.7 Å². The number of aryl methyl sites for hydroxylation is 1. The molecule has 0 fully saturated rings. The van der Waals surface area contributed by atoms with E-state index in [-0.39, 0.29) is 23.9 Å². The van der Waals surface area contributed by atoms with Crippen LogP contribution in [0.5, 0.6) is 0 Å². The summed E-state index contributed by atoms with van der Waals surface area (Å²) >= 11 is 17.4. The minimum Gasteiger partial charge on any atom is -1.00 e. The first-order valence-corrected chi connectivity index (χ1v) is 14.5. The van der Waals surface area contributed by atoms with Crippen LogP contribution in [0.25, 0.3) is 0 Å². The lowest BCUT2D eigenvalue weighted by molar-refractivity contribution is -0.653. The zero-order valence-corrected chi connectivity index (χ0v) is 24.2. The van der Waals surface area contributed by atoms with E-state index < -0.39 is 9.23 Å². The topological polar surface area (TPSA) is 53.9 Å². The molecule has 0 radical (unpaired) electrons. The summed E-state index contributed by atoms with van der Waals surface area (Å²) < 4.78 is 9.09. The van der Waals surface area contributed by atoms with Crippen molar-refractivity contribution in [1.29, 1.82) is 0 Å². The Labute approximate surface area is 231 Å². The van der Waals surface area contributed by atoms with Crippen molar-refractivity contribution >= 4 is 65.4 Å². The van der Waals surface area contributed by atoms with Crippen LogP contribution in [0.2, 0.25) is 10.0 Å². The molecule has 3 N–H and O–H groups in total. The summed E-state index contributed by atoms with van der Waals surface area (Å²) in [5.41, 5.74) is 2.65. The van der Waals surface area contributed by atoms with Gasteiger partial charge in [0.05, 0.1) is 24.6 Å². The van der Waals surface area contributed by atoms with E-state index in [1.54, 1.807) is 0 Å². The molecule has 0 aromatic heterocycles. The Balaban J connectivity index is 0. The Morgan fingerprint density at radius 2 is 1.30 bits per heavy atom. The van der Waals surface area contributed by atoms with Crippen molar-refractivity contribution < 1.29 is 27.0 Å². The number of halogens is 6. The summed E-state index contributed by atoms with van der Waals surface area (Å²) in [4.78, 5) is 0. The molecule has 0 bridgehead atoms. The molecule has 0 aliphatic heterocycles. The van der Waals surface area contributed by atoms with Crippen molar-refractivity contribution in [3.63, 3.8) is 0 Å². The maximum absolute atomic E-state index is 9.09. The summed E-state index contributed by atoms with van der Waals surface area (Å²) in [6.07, 6.45) is 5.09. The average molecular weight is 600 g/mol. The van der Waals surface area contributed by atoms with E-state index in [1.807, 2.05) is 38.1 Å². The van der Waals surface area contributed by atoms with Crippen LogP contribution in [0.3, 0.4) is 0 Å². The molecular weight excluding hydrogens is 567 g/mol. The van der Waals surface area contributed by atoms with E-state index in [4.69, 9.17) is 44.1 Å². The molecule has 33 heavy (non-hydrogen) atoms. The lowest BCUT2D eigenvalue weighted by Crippen LogP contribution is -3.00. The minimum atomic E-state index is -1.67. The number of unbranched alkanes of at least 4 members (excludes halogenated alkanes) is 1. The number of alkyl halides is 1. The zero-order chi connectivity index (χ0) is 24.4. The summed E-state index contributed by atoms with van der Waals surface area (Å²) in [6, 6.07) is 16.0. The second-order valence-electron chi connectivity index (χ2n) is 7.38. The number of aliphatic hydroxyl groups is 1. The molecule has 0 aliphatic rings. The second-order valence-corrected chi connectivity index (χ2v) is 11.5. The van der Waals surface area contributed by atoms with Gasteiger partial charge in [-0.15, -0.1) is 11.6 Å². The molecule has 0 saturated carbocycles. The Morgan fingerprint density at radius 3 is 1.70 bits per heavy atom. The van der Waals surface area contributed by atoms with Gasteiger partial charge >= 0.3 is 0 Å². The van der Waals surface area contributed by atoms with Crippen LogP contribution in [0.15, 0.2) is 48.5 Å². The van der Waals surface area contributed by atoms with Crippen molar-refractivity contribution in [3.8, 4) is 0 Å². The van der Waals surface area contributed by atoms with E-state index in [1.165, 1.54) is 11.1 Å². The number of benzene rings is 2. The molecule has 2 atom stereocenters. The molecule has 2 aromatic carbocycles. The first-order valence-electron chi connectivity index (χ1n) is 10.5. The molecule has 190 valence electrons. The average Bonchev–Trinajstić information content (AvgIpc) is 2.71. The first kappa shape index (κ1) is 35.4. The predicted octanol–water partition coefficient (Wildman–Crippen LogP) is 3.55. The Bertz CT molecular complexity index is 669. The molecule has 2 unspecified atom stereocenters. The lowest BCUT2D eigenvalue weighted by atomic mass is 10.1. The Kier molecular flexibility index (Phi) is 24.4. The van der Waals surface area contributed by atoms with E-state index in [2.05, 4.69) is 50.9 Å². The molecular formula is C23H33Cl6NO2S. The highest BCUT2D eigenvalue weighted by molar-refractivity contribution is 8.26. The SMILES string of the molecule is CC(Cl)C[NH2+]CCc1ccc(Cl)cc1.CC(O)CCCCc1ccc(Cl)cc1.O=S(Cl)Cl.[Cl-]. The van der Waals surface area contributed by atoms with Gasteiger partial charge in [-0.25, -0.2) is 4.21 Å². The first-order chi connectivity index (χ1) is 15.1. The fraction of sp³-hybridized carbons (Fsp3) is 0.478. The third-order valence-electron chi connectivity index (χ3n) is 4.29. The van der Waals surface area contributed by atoms with Crippen LogP contribution >= 0.6 is 56.2 Å². The van der Waals surface area contributed by atoms with Crippen molar-refractivity contribution in [2.45, 2.75) is 57.4 Å². The third-order valence-corrected chi connectivity index (χ3v) is 4.97. The van der Waals surface area contributed by atoms with Crippen molar-refractivity contribution in [2.24, 2.45) is 0 Å². The zero-order valence-electron chi connectivity index (χ0n) is 18.8. The van der Waals surface area contributed by atoms with Gasteiger partial charge in [-0.1, -0.05) is 53.9 Å². The van der Waals surface area contributed by atoms with Crippen molar-refractivity contribution in [1.82, 2.24) is 0 Å². The number of nitrogens with two attached hydrogens (primary N) is 1. The molecule has 0 amide bonds. The fourth-order valence-electron chi connectivity index (χ4n) is 2.69. The van der Waals surface area contributed by atoms with E-state index in [0.29, 0.717) is 0 Å².